The summed E-state index contributed by atoms with van der Waals surface area (Å²) < 4.78 is 5.72. The molecule has 0 aliphatic heterocycles. The molecule has 2 rings (SSSR count). The van der Waals surface area contributed by atoms with Gasteiger partial charge in [0, 0.05) is 12.2 Å². The van der Waals surface area contributed by atoms with Gasteiger partial charge in [-0.15, -0.1) is 0 Å². The predicted molar refractivity (Wildman–Crippen MR) is 77.5 cm³/mol. The molecule has 3 heteroatoms. The van der Waals surface area contributed by atoms with Crippen LogP contribution in [0.25, 0.3) is 0 Å². The van der Waals surface area contributed by atoms with Crippen LogP contribution in [0.2, 0.25) is 0 Å². The van der Waals surface area contributed by atoms with E-state index in [0.717, 1.165) is 24.5 Å². The highest BCUT2D eigenvalue weighted by Crippen LogP contribution is 2.23. The molecule has 0 radical (unpaired) electrons. The smallest absolute Gasteiger partial charge is 0.145 e. The summed E-state index contributed by atoms with van der Waals surface area (Å²) >= 11 is 0. The molecule has 0 amide bonds. The van der Waals surface area contributed by atoms with Crippen LogP contribution in [0.5, 0.6) is 11.5 Å². The van der Waals surface area contributed by atoms with E-state index in [4.69, 9.17) is 4.74 Å². The highest BCUT2D eigenvalue weighted by atomic mass is 16.5. The largest absolute Gasteiger partial charge is 0.456 e. The number of hydrogen-bond donors (Lipinski definition) is 1. The lowest BCUT2D eigenvalue weighted by Gasteiger charge is -2.16. The van der Waals surface area contributed by atoms with Crippen molar-refractivity contribution in [1.29, 1.82) is 0 Å². The normalized spacial score (nSPS) is 12.1. The van der Waals surface area contributed by atoms with E-state index in [1.54, 1.807) is 12.4 Å². The quantitative estimate of drug-likeness (QED) is 0.850. The van der Waals surface area contributed by atoms with Crippen LogP contribution in [-0.2, 0) is 0 Å². The number of nitrogens with zero attached hydrogens (tertiary/aromatic N) is 1. The molecule has 1 N–H and O–H groups in total. The predicted octanol–water partition coefficient (Wildman–Crippen LogP) is 3.93. The van der Waals surface area contributed by atoms with Crippen LogP contribution in [0.1, 0.15) is 31.9 Å². The van der Waals surface area contributed by atoms with Crippen molar-refractivity contribution >= 4 is 0 Å². The zero-order chi connectivity index (χ0) is 13.5. The third-order valence-corrected chi connectivity index (χ3v) is 3.01. The summed E-state index contributed by atoms with van der Waals surface area (Å²) in [6, 6.07) is 12.4. The molecule has 0 aliphatic carbocycles. The van der Waals surface area contributed by atoms with Gasteiger partial charge >= 0.3 is 0 Å². The second-order valence-electron chi connectivity index (χ2n) is 4.38. The van der Waals surface area contributed by atoms with E-state index in [1.165, 1.54) is 5.56 Å². The molecular formula is C16H20N2O. The minimum atomic E-state index is 0.414. The summed E-state index contributed by atoms with van der Waals surface area (Å²) in [5, 5.41) is 3.47. The standard InChI is InChI=1S/C16H20N2O/c1-3-16(18-4-2)13-7-9-14(10-8-13)19-15-6-5-11-17-12-15/h5-12,16,18H,3-4H2,1-2H3. The van der Waals surface area contributed by atoms with E-state index < -0.39 is 0 Å². The van der Waals surface area contributed by atoms with Crippen LogP contribution < -0.4 is 10.1 Å². The number of pyridine rings is 1. The summed E-state index contributed by atoms with van der Waals surface area (Å²) in [6.07, 6.45) is 4.52. The van der Waals surface area contributed by atoms with Gasteiger partial charge in [-0.1, -0.05) is 26.0 Å². The minimum absolute atomic E-state index is 0.414. The molecule has 1 aromatic heterocycles. The van der Waals surface area contributed by atoms with Crippen molar-refractivity contribution < 1.29 is 4.74 Å². The molecule has 0 fully saturated rings. The van der Waals surface area contributed by atoms with E-state index >= 15 is 0 Å². The highest BCUT2D eigenvalue weighted by Gasteiger charge is 2.07. The zero-order valence-electron chi connectivity index (χ0n) is 11.5. The molecule has 0 aliphatic rings. The molecule has 3 nitrogen and oxygen atoms in total. The first-order valence-electron chi connectivity index (χ1n) is 6.74. The zero-order valence-corrected chi connectivity index (χ0v) is 11.5. The Balaban J connectivity index is 2.06. The number of ether oxygens (including phenoxy) is 1. The number of aromatic nitrogens is 1. The second kappa shape index (κ2) is 6.90. The summed E-state index contributed by atoms with van der Waals surface area (Å²) in [4.78, 5) is 4.03. The Morgan fingerprint density at radius 3 is 2.47 bits per heavy atom. The van der Waals surface area contributed by atoms with Crippen LogP contribution in [0.4, 0.5) is 0 Å². The van der Waals surface area contributed by atoms with E-state index in [9.17, 15) is 0 Å². The average Bonchev–Trinajstić information content (AvgIpc) is 2.47. The number of benzene rings is 1. The van der Waals surface area contributed by atoms with Crippen molar-refractivity contribution in [1.82, 2.24) is 10.3 Å². The number of nitrogens with one attached hydrogen (secondary N) is 1. The number of rotatable bonds is 6. The highest BCUT2D eigenvalue weighted by molar-refractivity contribution is 5.32. The number of hydrogen-bond acceptors (Lipinski definition) is 3. The molecule has 0 saturated heterocycles. The third kappa shape index (κ3) is 3.80. The maximum Gasteiger partial charge on any atom is 0.145 e. The first-order chi connectivity index (χ1) is 9.33. The Hall–Kier alpha value is -1.87. The van der Waals surface area contributed by atoms with Gasteiger partial charge in [-0.3, -0.25) is 4.98 Å². The summed E-state index contributed by atoms with van der Waals surface area (Å²) in [7, 11) is 0. The van der Waals surface area contributed by atoms with Gasteiger partial charge in [0.2, 0.25) is 0 Å². The van der Waals surface area contributed by atoms with E-state index in [2.05, 4.69) is 36.3 Å². The lowest BCUT2D eigenvalue weighted by molar-refractivity contribution is 0.478. The van der Waals surface area contributed by atoms with Crippen LogP contribution in [-0.4, -0.2) is 11.5 Å². The fourth-order valence-electron chi connectivity index (χ4n) is 2.06. The fraction of sp³-hybridized carbons (Fsp3) is 0.312. The van der Waals surface area contributed by atoms with Gasteiger partial charge in [-0.25, -0.2) is 0 Å². The van der Waals surface area contributed by atoms with Crippen LogP contribution >= 0.6 is 0 Å². The monoisotopic (exact) mass is 256 g/mol. The van der Waals surface area contributed by atoms with Crippen LogP contribution in [0.15, 0.2) is 48.8 Å². The van der Waals surface area contributed by atoms with Gasteiger partial charge in [0.15, 0.2) is 0 Å². The first-order valence-corrected chi connectivity index (χ1v) is 6.74. The lowest BCUT2D eigenvalue weighted by Crippen LogP contribution is -2.19. The summed E-state index contributed by atoms with van der Waals surface area (Å²) in [5.41, 5.74) is 1.29. The van der Waals surface area contributed by atoms with Gasteiger partial charge < -0.3 is 10.1 Å². The minimum Gasteiger partial charge on any atom is -0.456 e. The Morgan fingerprint density at radius 2 is 1.89 bits per heavy atom. The van der Waals surface area contributed by atoms with Gasteiger partial charge in [-0.05, 0) is 42.8 Å². The van der Waals surface area contributed by atoms with Gasteiger partial charge in [0.1, 0.15) is 11.5 Å². The van der Waals surface area contributed by atoms with Crippen molar-refractivity contribution in [2.75, 3.05) is 6.54 Å². The SMILES string of the molecule is CCNC(CC)c1ccc(Oc2cccnc2)cc1. The Kier molecular flexibility index (Phi) is 4.93. The molecule has 0 bridgehead atoms. The summed E-state index contributed by atoms with van der Waals surface area (Å²) in [6.45, 7) is 5.29. The molecule has 1 heterocycles. The average molecular weight is 256 g/mol. The molecule has 0 spiro atoms. The van der Waals surface area contributed by atoms with E-state index in [0.29, 0.717) is 6.04 Å². The van der Waals surface area contributed by atoms with E-state index in [-0.39, 0.29) is 0 Å². The maximum atomic E-state index is 5.72. The van der Waals surface area contributed by atoms with E-state index in [1.807, 2.05) is 24.3 Å². The van der Waals surface area contributed by atoms with Crippen molar-refractivity contribution in [3.63, 3.8) is 0 Å². The summed E-state index contributed by atoms with van der Waals surface area (Å²) in [5.74, 6) is 1.59. The van der Waals surface area contributed by atoms with Gasteiger partial charge in [-0.2, -0.15) is 0 Å². The Labute approximate surface area is 114 Å². The van der Waals surface area contributed by atoms with Crippen LogP contribution in [0.3, 0.4) is 0 Å². The van der Waals surface area contributed by atoms with Crippen molar-refractivity contribution in [3.05, 3.63) is 54.4 Å². The molecule has 2 aromatic rings. The first kappa shape index (κ1) is 13.6. The molecule has 1 aromatic carbocycles. The Morgan fingerprint density at radius 1 is 1.11 bits per heavy atom. The fourth-order valence-corrected chi connectivity index (χ4v) is 2.06. The molecule has 100 valence electrons. The molecule has 0 saturated carbocycles. The van der Waals surface area contributed by atoms with Gasteiger partial charge in [0.05, 0.1) is 6.20 Å². The topological polar surface area (TPSA) is 34.1 Å². The van der Waals surface area contributed by atoms with Crippen LogP contribution in [0, 0.1) is 0 Å². The Bertz CT molecular complexity index is 482. The van der Waals surface area contributed by atoms with Gasteiger partial charge in [0.25, 0.3) is 0 Å². The molecule has 19 heavy (non-hydrogen) atoms. The maximum absolute atomic E-state index is 5.72. The third-order valence-electron chi connectivity index (χ3n) is 3.01. The second-order valence-corrected chi connectivity index (χ2v) is 4.38. The van der Waals surface area contributed by atoms with Crippen molar-refractivity contribution in [2.45, 2.75) is 26.3 Å². The lowest BCUT2D eigenvalue weighted by atomic mass is 10.0. The molecule has 1 atom stereocenters. The van der Waals surface area contributed by atoms with Crippen molar-refractivity contribution in [3.8, 4) is 11.5 Å². The molecular weight excluding hydrogens is 236 g/mol. The molecule has 1 unspecified atom stereocenters. The van der Waals surface area contributed by atoms with Crippen molar-refractivity contribution in [2.24, 2.45) is 0 Å².